The van der Waals surface area contributed by atoms with E-state index in [1.54, 1.807) is 11.7 Å². The van der Waals surface area contributed by atoms with Crippen LogP contribution in [-0.4, -0.2) is 4.98 Å². The largest absolute Gasteiger partial charge is 0.252 e. The first-order valence-electron chi connectivity index (χ1n) is 1.69. The summed E-state index contributed by atoms with van der Waals surface area (Å²) in [7, 11) is 0. The van der Waals surface area contributed by atoms with Gasteiger partial charge in [0.25, 0.3) is 0 Å². The van der Waals surface area contributed by atoms with Gasteiger partial charge in [-0.3, -0.25) is 4.98 Å². The third-order valence-electron chi connectivity index (χ3n) is 0.402. The molecule has 0 unspecified atom stereocenters. The van der Waals surface area contributed by atoms with E-state index in [1.165, 1.54) is 11.3 Å². The van der Waals surface area contributed by atoms with Crippen LogP contribution in [0.2, 0.25) is 4.34 Å². The number of nitriles is 1. The quantitative estimate of drug-likeness (QED) is 0.561. The fraction of sp³-hybridized carbons (Fsp3) is 0. The highest BCUT2D eigenvalue weighted by Crippen LogP contribution is 2.10. The highest BCUT2D eigenvalue weighted by molar-refractivity contribution is 7.13. The van der Waals surface area contributed by atoms with Crippen LogP contribution in [0.3, 0.4) is 0 Å². The fourth-order valence-corrected chi connectivity index (χ4v) is 0.720. The van der Waals surface area contributed by atoms with Gasteiger partial charge in [-0.2, -0.15) is 0 Å². The van der Waals surface area contributed by atoms with Crippen LogP contribution in [0.15, 0.2) is 11.7 Å². The molecule has 0 fully saturated rings. The van der Waals surface area contributed by atoms with Crippen LogP contribution < -0.4 is 0 Å². The average Bonchev–Trinajstić information content (AvgIpc) is 2.24. The maximum atomic E-state index is 6.50. The Hall–Kier alpha value is -0.590. The topological polar surface area (TPSA) is 36.7 Å². The molecule has 0 aromatic carbocycles. The lowest BCUT2D eigenvalue weighted by Crippen LogP contribution is -1.41. The zero-order chi connectivity index (χ0) is 6.41. The van der Waals surface area contributed by atoms with Gasteiger partial charge in [0.05, 0.1) is 11.7 Å². The van der Waals surface area contributed by atoms with Crippen molar-refractivity contribution in [1.82, 2.24) is 4.98 Å². The molecular weight excluding hydrogens is 144 g/mol. The van der Waals surface area contributed by atoms with E-state index in [0.29, 0.717) is 0 Å². The SMILES string of the molecule is C#N.Clc1cncs1. The van der Waals surface area contributed by atoms with Gasteiger partial charge in [0, 0.05) is 6.57 Å². The van der Waals surface area contributed by atoms with Crippen molar-refractivity contribution >= 4 is 22.9 Å². The van der Waals surface area contributed by atoms with Gasteiger partial charge in [-0.15, -0.1) is 11.3 Å². The summed E-state index contributed by atoms with van der Waals surface area (Å²) in [5.74, 6) is 0. The van der Waals surface area contributed by atoms with E-state index < -0.39 is 0 Å². The van der Waals surface area contributed by atoms with E-state index in [2.05, 4.69) is 11.6 Å². The lowest BCUT2D eigenvalue weighted by atomic mass is 11.0. The summed E-state index contributed by atoms with van der Waals surface area (Å²) in [6.45, 7) is 3.50. The number of nitrogens with zero attached hydrogens (tertiary/aromatic N) is 2. The highest BCUT2D eigenvalue weighted by Gasteiger charge is 1.79. The van der Waals surface area contributed by atoms with Gasteiger partial charge in [0.15, 0.2) is 0 Å². The van der Waals surface area contributed by atoms with Crippen molar-refractivity contribution in [3.63, 3.8) is 0 Å². The van der Waals surface area contributed by atoms with Crippen molar-refractivity contribution in [2.75, 3.05) is 0 Å². The summed E-state index contributed by atoms with van der Waals surface area (Å²) in [6, 6.07) is 0. The predicted octanol–water partition coefficient (Wildman–Crippen LogP) is 1.94. The molecule has 1 aromatic heterocycles. The normalized spacial score (nSPS) is 6.88. The minimum absolute atomic E-state index is 0.745. The Balaban J connectivity index is 0.000000222. The summed E-state index contributed by atoms with van der Waals surface area (Å²) >= 11 is 6.84. The third-order valence-corrected chi connectivity index (χ3v) is 1.32. The van der Waals surface area contributed by atoms with Gasteiger partial charge in [-0.1, -0.05) is 11.6 Å². The number of halogens is 1. The van der Waals surface area contributed by atoms with Crippen LogP contribution in [0.25, 0.3) is 0 Å². The van der Waals surface area contributed by atoms with E-state index in [0.717, 1.165) is 4.34 Å². The molecule has 1 aromatic rings. The Labute approximate surface area is 56.4 Å². The van der Waals surface area contributed by atoms with Gasteiger partial charge in [0.1, 0.15) is 4.34 Å². The smallest absolute Gasteiger partial charge is 0.113 e. The Morgan fingerprint density at radius 1 is 1.75 bits per heavy atom. The number of hydrogen-bond acceptors (Lipinski definition) is 3. The molecule has 4 heteroatoms. The van der Waals surface area contributed by atoms with Crippen molar-refractivity contribution in [3.8, 4) is 6.57 Å². The molecule has 0 saturated carbocycles. The second-order valence-electron chi connectivity index (χ2n) is 0.806. The molecule has 2 nitrogen and oxygen atoms in total. The summed E-state index contributed by atoms with van der Waals surface area (Å²) < 4.78 is 0.745. The molecule has 42 valence electrons. The minimum atomic E-state index is 0.745. The molecule has 0 N–H and O–H groups in total. The first-order valence-corrected chi connectivity index (χ1v) is 2.95. The standard InChI is InChI=1S/C3H2ClNS.CHN/c4-3-1-5-2-6-3;1-2/h1-2H;1H. The Morgan fingerprint density at radius 3 is 2.50 bits per heavy atom. The number of thiazole rings is 1. The van der Waals surface area contributed by atoms with Gasteiger partial charge in [-0.05, 0) is 0 Å². The molecule has 0 saturated heterocycles. The molecule has 1 heterocycles. The molecule has 8 heavy (non-hydrogen) atoms. The first kappa shape index (κ1) is 7.41. The number of aromatic nitrogens is 1. The summed E-state index contributed by atoms with van der Waals surface area (Å²) in [6.07, 6.45) is 1.62. The molecular formula is C4H3ClN2S. The monoisotopic (exact) mass is 146 g/mol. The van der Waals surface area contributed by atoms with Crippen LogP contribution >= 0.6 is 22.9 Å². The molecule has 1 rings (SSSR count). The van der Waals surface area contributed by atoms with E-state index in [1.807, 2.05) is 0 Å². The molecule has 0 radical (unpaired) electrons. The van der Waals surface area contributed by atoms with Crippen LogP contribution in [0, 0.1) is 11.8 Å². The maximum absolute atomic E-state index is 6.50. The maximum Gasteiger partial charge on any atom is 0.113 e. The van der Waals surface area contributed by atoms with E-state index in [-0.39, 0.29) is 0 Å². The van der Waals surface area contributed by atoms with E-state index in [4.69, 9.17) is 16.9 Å². The number of rotatable bonds is 0. The lowest BCUT2D eigenvalue weighted by molar-refractivity contribution is 1.43. The molecule has 0 amide bonds. The van der Waals surface area contributed by atoms with Crippen LogP contribution in [0.4, 0.5) is 0 Å². The van der Waals surface area contributed by atoms with Crippen molar-refractivity contribution in [1.29, 1.82) is 5.26 Å². The van der Waals surface area contributed by atoms with Gasteiger partial charge in [-0.25, -0.2) is 5.26 Å². The third kappa shape index (κ3) is 2.56. The van der Waals surface area contributed by atoms with Crippen molar-refractivity contribution in [3.05, 3.63) is 16.0 Å². The zero-order valence-electron chi connectivity index (χ0n) is 3.91. The second-order valence-corrected chi connectivity index (χ2v) is 2.32. The first-order chi connectivity index (χ1) is 3.89. The fourth-order valence-electron chi connectivity index (χ4n) is 0.200. The van der Waals surface area contributed by atoms with Crippen molar-refractivity contribution in [2.45, 2.75) is 0 Å². The predicted molar refractivity (Wildman–Crippen MR) is 33.8 cm³/mol. The summed E-state index contributed by atoms with van der Waals surface area (Å²) in [5.41, 5.74) is 1.70. The van der Waals surface area contributed by atoms with Crippen molar-refractivity contribution in [2.24, 2.45) is 0 Å². The summed E-state index contributed by atoms with van der Waals surface area (Å²) in [5, 5.41) is 6.50. The molecule has 0 atom stereocenters. The lowest BCUT2D eigenvalue weighted by Gasteiger charge is -1.59. The Morgan fingerprint density at radius 2 is 2.38 bits per heavy atom. The van der Waals surface area contributed by atoms with Gasteiger partial charge in [0.2, 0.25) is 0 Å². The molecule has 0 aliphatic carbocycles. The van der Waals surface area contributed by atoms with Gasteiger partial charge < -0.3 is 0 Å². The zero-order valence-corrected chi connectivity index (χ0v) is 5.49. The Bertz CT molecular complexity index is 146. The Kier molecular flexibility index (Phi) is 4.23. The number of hydrogen-bond donors (Lipinski definition) is 0. The van der Waals surface area contributed by atoms with Crippen LogP contribution in [0.5, 0.6) is 0 Å². The highest BCUT2D eigenvalue weighted by atomic mass is 35.5. The second kappa shape index (κ2) is 4.57. The van der Waals surface area contributed by atoms with Crippen LogP contribution in [-0.2, 0) is 0 Å². The summed E-state index contributed by atoms with van der Waals surface area (Å²) in [4.78, 5) is 3.71. The minimum Gasteiger partial charge on any atom is -0.252 e. The average molecular weight is 147 g/mol. The molecule has 0 spiro atoms. The molecule has 0 aliphatic heterocycles. The molecule has 0 aliphatic rings. The molecule has 0 bridgehead atoms. The van der Waals surface area contributed by atoms with Gasteiger partial charge >= 0.3 is 0 Å². The van der Waals surface area contributed by atoms with Crippen LogP contribution in [0.1, 0.15) is 0 Å². The van der Waals surface area contributed by atoms with Crippen molar-refractivity contribution < 1.29 is 0 Å². The van der Waals surface area contributed by atoms with E-state index >= 15 is 0 Å². The van der Waals surface area contributed by atoms with E-state index in [9.17, 15) is 0 Å².